The number of hydrogen-bond donors (Lipinski definition) is 1. The van der Waals surface area contributed by atoms with Gasteiger partial charge in [-0.05, 0) is 55.0 Å². The Kier molecular flexibility index (Phi) is 6.46. The molecule has 0 heterocycles. The number of rotatable bonds is 7. The smallest absolute Gasteiger partial charge is 0.331 e. The molecule has 0 aromatic heterocycles. The largest absolute Gasteiger partial charge is 0.451 e. The summed E-state index contributed by atoms with van der Waals surface area (Å²) in [6.45, 7) is 1.44. The van der Waals surface area contributed by atoms with E-state index in [1.54, 1.807) is 0 Å². The Bertz CT molecular complexity index is 951. The summed E-state index contributed by atoms with van der Waals surface area (Å²) in [5.74, 6) is -1.52. The second-order valence-electron chi connectivity index (χ2n) is 5.78. The van der Waals surface area contributed by atoms with Crippen molar-refractivity contribution < 1.29 is 27.1 Å². The van der Waals surface area contributed by atoms with E-state index in [0.29, 0.717) is 11.3 Å². The van der Waals surface area contributed by atoms with E-state index in [4.69, 9.17) is 4.74 Å². The second-order valence-corrected chi connectivity index (χ2v) is 7.53. The van der Waals surface area contributed by atoms with Gasteiger partial charge in [0, 0.05) is 17.3 Å². The Morgan fingerprint density at radius 3 is 2.22 bits per heavy atom. The van der Waals surface area contributed by atoms with Crippen molar-refractivity contribution in [2.45, 2.75) is 13.0 Å². The van der Waals surface area contributed by atoms with Gasteiger partial charge in [0.25, 0.3) is 0 Å². The molecule has 27 heavy (non-hydrogen) atoms. The van der Waals surface area contributed by atoms with E-state index >= 15 is 0 Å². The Morgan fingerprint density at radius 1 is 1.07 bits per heavy atom. The molecule has 8 heteroatoms. The number of benzene rings is 2. The lowest BCUT2D eigenvalue weighted by Crippen LogP contribution is -2.23. The zero-order valence-electron chi connectivity index (χ0n) is 14.7. The third-order valence-corrected chi connectivity index (χ3v) is 4.02. The summed E-state index contributed by atoms with van der Waals surface area (Å²) in [6, 6.07) is 11.3. The van der Waals surface area contributed by atoms with Crippen LogP contribution in [0.1, 0.15) is 22.8 Å². The number of nitrogens with one attached hydrogen (secondary N) is 1. The molecule has 0 bridgehead atoms. The third kappa shape index (κ3) is 6.67. The van der Waals surface area contributed by atoms with E-state index in [1.165, 1.54) is 61.5 Å². The molecule has 0 amide bonds. The van der Waals surface area contributed by atoms with Gasteiger partial charge in [0.15, 0.2) is 6.10 Å². The van der Waals surface area contributed by atoms with Crippen molar-refractivity contribution in [3.8, 4) is 0 Å². The summed E-state index contributed by atoms with van der Waals surface area (Å²) in [5.41, 5.74) is 1.21. The van der Waals surface area contributed by atoms with Crippen LogP contribution in [0, 0.1) is 5.82 Å². The van der Waals surface area contributed by atoms with Crippen LogP contribution < -0.4 is 4.72 Å². The molecule has 1 N–H and O–H groups in total. The molecular weight excluding hydrogens is 373 g/mol. The van der Waals surface area contributed by atoms with Gasteiger partial charge in [0.05, 0.1) is 6.26 Å². The van der Waals surface area contributed by atoms with E-state index in [9.17, 15) is 22.4 Å². The highest BCUT2D eigenvalue weighted by atomic mass is 32.2. The van der Waals surface area contributed by atoms with Crippen LogP contribution in [0.4, 0.5) is 10.1 Å². The first kappa shape index (κ1) is 20.3. The highest BCUT2D eigenvalue weighted by Crippen LogP contribution is 2.14. The van der Waals surface area contributed by atoms with Crippen LogP contribution in [0.2, 0.25) is 0 Å². The maximum atomic E-state index is 12.8. The SMILES string of the molecule is C[C@@H](OC(=O)/C=C/c1ccc(F)cc1)C(=O)c1ccc(NS(C)(=O)=O)cc1. The summed E-state index contributed by atoms with van der Waals surface area (Å²) in [4.78, 5) is 24.1. The Morgan fingerprint density at radius 2 is 1.67 bits per heavy atom. The predicted molar refractivity (Wildman–Crippen MR) is 100 cm³/mol. The lowest BCUT2D eigenvalue weighted by atomic mass is 10.1. The zero-order chi connectivity index (χ0) is 20.0. The van der Waals surface area contributed by atoms with Crippen molar-refractivity contribution in [1.82, 2.24) is 0 Å². The minimum Gasteiger partial charge on any atom is -0.451 e. The predicted octanol–water partition coefficient (Wildman–Crippen LogP) is 3.03. The van der Waals surface area contributed by atoms with Crippen LogP contribution in [-0.4, -0.2) is 32.5 Å². The molecule has 0 unspecified atom stereocenters. The number of sulfonamides is 1. The number of halogens is 1. The minimum absolute atomic E-state index is 0.275. The van der Waals surface area contributed by atoms with E-state index in [1.807, 2.05) is 0 Å². The van der Waals surface area contributed by atoms with Gasteiger partial charge < -0.3 is 4.74 Å². The molecule has 142 valence electrons. The summed E-state index contributed by atoms with van der Waals surface area (Å²) in [6.07, 6.45) is 2.59. The Labute approximate surface area is 156 Å². The molecule has 2 aromatic carbocycles. The molecule has 0 aliphatic carbocycles. The molecule has 0 aliphatic heterocycles. The maximum Gasteiger partial charge on any atom is 0.331 e. The Hall–Kier alpha value is -3.00. The normalized spacial score (nSPS) is 12.6. The fourth-order valence-electron chi connectivity index (χ4n) is 2.16. The molecule has 0 saturated carbocycles. The van der Waals surface area contributed by atoms with Gasteiger partial charge in [0.1, 0.15) is 5.82 Å². The third-order valence-electron chi connectivity index (χ3n) is 3.42. The summed E-state index contributed by atoms with van der Waals surface area (Å²) >= 11 is 0. The number of ketones is 1. The van der Waals surface area contributed by atoms with Gasteiger partial charge in [-0.1, -0.05) is 12.1 Å². The van der Waals surface area contributed by atoms with Crippen LogP contribution in [0.15, 0.2) is 54.6 Å². The highest BCUT2D eigenvalue weighted by Gasteiger charge is 2.18. The van der Waals surface area contributed by atoms with Crippen molar-refractivity contribution in [2.24, 2.45) is 0 Å². The van der Waals surface area contributed by atoms with E-state index in [-0.39, 0.29) is 11.4 Å². The lowest BCUT2D eigenvalue weighted by molar-refractivity contribution is -0.140. The van der Waals surface area contributed by atoms with Crippen LogP contribution in [0.5, 0.6) is 0 Å². The van der Waals surface area contributed by atoms with E-state index in [0.717, 1.165) is 12.3 Å². The average molecular weight is 391 g/mol. The topological polar surface area (TPSA) is 89.5 Å². The number of hydrogen-bond acceptors (Lipinski definition) is 5. The fourth-order valence-corrected chi connectivity index (χ4v) is 2.72. The highest BCUT2D eigenvalue weighted by molar-refractivity contribution is 7.92. The first-order chi connectivity index (χ1) is 12.6. The number of anilines is 1. The first-order valence-corrected chi connectivity index (χ1v) is 9.79. The fraction of sp³-hybridized carbons (Fsp3) is 0.158. The van der Waals surface area contributed by atoms with Gasteiger partial charge in [-0.15, -0.1) is 0 Å². The van der Waals surface area contributed by atoms with Crippen molar-refractivity contribution in [1.29, 1.82) is 0 Å². The lowest BCUT2D eigenvalue weighted by Gasteiger charge is -2.11. The zero-order valence-corrected chi connectivity index (χ0v) is 15.5. The van der Waals surface area contributed by atoms with Gasteiger partial charge in [0.2, 0.25) is 15.8 Å². The second kappa shape index (κ2) is 8.59. The quantitative estimate of drug-likeness (QED) is 0.445. The molecule has 0 saturated heterocycles. The van der Waals surface area contributed by atoms with Gasteiger partial charge in [-0.25, -0.2) is 17.6 Å². The summed E-state index contributed by atoms with van der Waals surface area (Å²) in [5, 5.41) is 0. The molecule has 2 aromatic rings. The number of esters is 1. The summed E-state index contributed by atoms with van der Waals surface area (Å²) in [7, 11) is -3.41. The maximum absolute atomic E-state index is 12.8. The molecule has 0 spiro atoms. The number of carbonyl (C=O) groups is 2. The van der Waals surface area contributed by atoms with Gasteiger partial charge in [-0.2, -0.15) is 0 Å². The summed E-state index contributed by atoms with van der Waals surface area (Å²) < 4.78 is 42.5. The Balaban J connectivity index is 1.96. The number of ether oxygens (including phenoxy) is 1. The molecule has 2 rings (SSSR count). The first-order valence-electron chi connectivity index (χ1n) is 7.90. The monoisotopic (exact) mass is 391 g/mol. The standard InChI is InChI=1S/C19H18FNO5S/c1-13(26-18(22)12-5-14-3-8-16(20)9-4-14)19(23)15-6-10-17(11-7-15)21-27(2,24)25/h3-13,21H,1-2H3/b12-5+/t13-/m1/s1. The molecule has 0 radical (unpaired) electrons. The van der Waals surface area contributed by atoms with Crippen LogP contribution in [0.25, 0.3) is 6.08 Å². The number of Topliss-reactive ketones (excluding diaryl/α,β-unsaturated/α-hetero) is 1. The van der Waals surface area contributed by atoms with Crippen molar-refractivity contribution in [3.63, 3.8) is 0 Å². The molecular formula is C19H18FNO5S. The average Bonchev–Trinajstić information content (AvgIpc) is 2.60. The van der Waals surface area contributed by atoms with E-state index < -0.39 is 27.9 Å². The van der Waals surface area contributed by atoms with Crippen LogP contribution in [0.3, 0.4) is 0 Å². The molecule has 6 nitrogen and oxygen atoms in total. The minimum atomic E-state index is -3.41. The van der Waals surface area contributed by atoms with Gasteiger partial charge >= 0.3 is 5.97 Å². The van der Waals surface area contributed by atoms with Crippen molar-refractivity contribution in [2.75, 3.05) is 11.0 Å². The number of carbonyl (C=O) groups excluding carboxylic acids is 2. The molecule has 1 atom stereocenters. The molecule has 0 aliphatic rings. The van der Waals surface area contributed by atoms with Crippen LogP contribution >= 0.6 is 0 Å². The molecule has 0 fully saturated rings. The van der Waals surface area contributed by atoms with Crippen molar-refractivity contribution >= 4 is 33.5 Å². The van der Waals surface area contributed by atoms with E-state index in [2.05, 4.69) is 4.72 Å². The van der Waals surface area contributed by atoms with Crippen molar-refractivity contribution in [3.05, 3.63) is 71.6 Å². The van der Waals surface area contributed by atoms with Crippen LogP contribution in [-0.2, 0) is 19.6 Å². The van der Waals surface area contributed by atoms with Gasteiger partial charge in [-0.3, -0.25) is 9.52 Å².